The normalized spacial score (nSPS) is 11.5. The van der Waals surface area contributed by atoms with E-state index in [9.17, 15) is 8.42 Å². The minimum Gasteiger partial charge on any atom is -0.497 e. The van der Waals surface area contributed by atoms with Crippen LogP contribution in [0.3, 0.4) is 0 Å². The molecule has 0 aromatic heterocycles. The zero-order valence-electron chi connectivity index (χ0n) is 17.4. The molecule has 160 valence electrons. The topological polar surface area (TPSA) is 79.8 Å². The van der Waals surface area contributed by atoms with Crippen LogP contribution in [0.2, 0.25) is 0 Å². The highest BCUT2D eigenvalue weighted by Gasteiger charge is 2.10. The summed E-state index contributed by atoms with van der Waals surface area (Å²) in [4.78, 5) is 4.97. The first-order valence-electron chi connectivity index (χ1n) is 9.28. The molecule has 0 bridgehead atoms. The molecule has 2 aromatic rings. The number of hydrogen-bond donors (Lipinski definition) is 2. The van der Waals surface area contributed by atoms with Crippen LogP contribution >= 0.6 is 24.0 Å². The number of nitrogens with zero attached hydrogens (tertiary/aromatic N) is 1. The van der Waals surface area contributed by atoms with E-state index in [2.05, 4.69) is 21.7 Å². The van der Waals surface area contributed by atoms with Crippen molar-refractivity contribution < 1.29 is 13.2 Å². The van der Waals surface area contributed by atoms with Crippen molar-refractivity contribution >= 4 is 39.8 Å². The highest BCUT2D eigenvalue weighted by molar-refractivity contribution is 14.0. The molecule has 0 atom stereocenters. The number of rotatable bonds is 8. The largest absolute Gasteiger partial charge is 0.497 e. The molecular weight excluding hydrogens is 501 g/mol. The molecule has 0 aliphatic carbocycles. The Morgan fingerprint density at radius 1 is 1.10 bits per heavy atom. The van der Waals surface area contributed by atoms with Crippen molar-refractivity contribution in [3.05, 3.63) is 59.2 Å². The number of halogens is 1. The Morgan fingerprint density at radius 3 is 2.48 bits per heavy atom. The minimum absolute atomic E-state index is 0. The predicted octanol–water partition coefficient (Wildman–Crippen LogP) is 3.32. The van der Waals surface area contributed by atoms with Crippen LogP contribution in [0.5, 0.6) is 5.75 Å². The van der Waals surface area contributed by atoms with Gasteiger partial charge in [-0.1, -0.05) is 24.3 Å². The van der Waals surface area contributed by atoms with E-state index in [-0.39, 0.29) is 24.0 Å². The second-order valence-electron chi connectivity index (χ2n) is 6.60. The number of aliphatic imine (C=N–C) groups is 1. The average molecular weight is 531 g/mol. The van der Waals surface area contributed by atoms with Gasteiger partial charge in [0.05, 0.1) is 18.6 Å². The molecule has 0 saturated heterocycles. The maximum Gasteiger partial charge on any atom is 0.191 e. The van der Waals surface area contributed by atoms with E-state index in [4.69, 9.17) is 4.74 Å². The summed E-state index contributed by atoms with van der Waals surface area (Å²) in [5.41, 5.74) is 2.90. The quantitative estimate of drug-likeness (QED) is 0.311. The maximum absolute atomic E-state index is 11.7. The molecule has 2 rings (SSSR count). The van der Waals surface area contributed by atoms with Gasteiger partial charge in [-0.15, -0.1) is 24.0 Å². The average Bonchev–Trinajstić information content (AvgIpc) is 2.65. The molecule has 0 saturated carbocycles. The Hall–Kier alpha value is -1.81. The first-order chi connectivity index (χ1) is 13.3. The van der Waals surface area contributed by atoms with E-state index in [1.165, 1.54) is 11.8 Å². The van der Waals surface area contributed by atoms with Crippen LogP contribution in [-0.2, 0) is 22.8 Å². The lowest BCUT2D eigenvalue weighted by Gasteiger charge is -2.12. The first kappa shape index (κ1) is 25.2. The lowest BCUT2D eigenvalue weighted by atomic mass is 10.1. The van der Waals surface area contributed by atoms with Gasteiger partial charge in [0.2, 0.25) is 0 Å². The van der Waals surface area contributed by atoms with Crippen LogP contribution in [0.4, 0.5) is 0 Å². The molecule has 2 aromatic carbocycles. The summed E-state index contributed by atoms with van der Waals surface area (Å²) in [5.74, 6) is 1.58. The standard InChI is InChI=1S/C21H29N3O3S.HI/c1-5-22-21(23-12-11-17-7-6-8-19(14-17)27-3)24-15-18-9-10-20(16(2)13-18)28(4,25)26;/h6-10,13-14H,5,11-12,15H2,1-4H3,(H2,22,23,24);1H. The molecule has 8 heteroatoms. The van der Waals surface area contributed by atoms with Crippen molar-refractivity contribution in [3.63, 3.8) is 0 Å². The van der Waals surface area contributed by atoms with Gasteiger partial charge in [-0.3, -0.25) is 0 Å². The zero-order valence-corrected chi connectivity index (χ0v) is 20.5. The van der Waals surface area contributed by atoms with Gasteiger partial charge in [-0.25, -0.2) is 13.4 Å². The minimum atomic E-state index is -3.20. The highest BCUT2D eigenvalue weighted by atomic mass is 127. The fourth-order valence-corrected chi connectivity index (χ4v) is 3.85. The zero-order chi connectivity index (χ0) is 20.6. The summed E-state index contributed by atoms with van der Waals surface area (Å²) >= 11 is 0. The van der Waals surface area contributed by atoms with Crippen molar-refractivity contribution in [2.45, 2.75) is 31.7 Å². The summed E-state index contributed by atoms with van der Waals surface area (Å²) in [6.45, 7) is 5.80. The van der Waals surface area contributed by atoms with Crippen molar-refractivity contribution in [2.75, 3.05) is 26.5 Å². The van der Waals surface area contributed by atoms with Crippen LogP contribution in [0, 0.1) is 6.92 Å². The van der Waals surface area contributed by atoms with Crippen molar-refractivity contribution in [3.8, 4) is 5.75 Å². The monoisotopic (exact) mass is 531 g/mol. The second-order valence-corrected chi connectivity index (χ2v) is 8.58. The Balaban J connectivity index is 0.00000420. The molecule has 0 aliphatic rings. The van der Waals surface area contributed by atoms with Crippen LogP contribution in [-0.4, -0.2) is 40.8 Å². The third-order valence-electron chi connectivity index (χ3n) is 4.24. The van der Waals surface area contributed by atoms with E-state index >= 15 is 0 Å². The molecule has 0 amide bonds. The molecule has 0 fully saturated rings. The molecule has 6 nitrogen and oxygen atoms in total. The summed E-state index contributed by atoms with van der Waals surface area (Å²) < 4.78 is 28.7. The van der Waals surface area contributed by atoms with Crippen molar-refractivity contribution in [1.29, 1.82) is 0 Å². The van der Waals surface area contributed by atoms with Gasteiger partial charge < -0.3 is 15.4 Å². The van der Waals surface area contributed by atoms with E-state index in [0.29, 0.717) is 11.4 Å². The Morgan fingerprint density at radius 2 is 1.86 bits per heavy atom. The summed E-state index contributed by atoms with van der Waals surface area (Å²) in [6, 6.07) is 13.3. The molecule has 2 N–H and O–H groups in total. The second kappa shape index (κ2) is 12.0. The summed E-state index contributed by atoms with van der Waals surface area (Å²) in [5, 5.41) is 6.56. The molecular formula is C21H30IN3O3S. The van der Waals surface area contributed by atoms with Crippen LogP contribution in [0.25, 0.3) is 0 Å². The van der Waals surface area contributed by atoms with E-state index in [1.54, 1.807) is 20.1 Å². The lowest BCUT2D eigenvalue weighted by molar-refractivity contribution is 0.414. The number of nitrogens with one attached hydrogen (secondary N) is 2. The predicted molar refractivity (Wildman–Crippen MR) is 129 cm³/mol. The molecule has 29 heavy (non-hydrogen) atoms. The smallest absolute Gasteiger partial charge is 0.191 e. The highest BCUT2D eigenvalue weighted by Crippen LogP contribution is 2.17. The summed E-state index contributed by atoms with van der Waals surface area (Å²) in [7, 11) is -1.54. The third-order valence-corrected chi connectivity index (χ3v) is 5.50. The van der Waals surface area contributed by atoms with Crippen molar-refractivity contribution in [2.24, 2.45) is 4.99 Å². The van der Waals surface area contributed by atoms with Gasteiger partial charge >= 0.3 is 0 Å². The number of ether oxygens (including phenoxy) is 1. The number of benzene rings is 2. The fraction of sp³-hybridized carbons (Fsp3) is 0.381. The molecule has 0 aliphatic heterocycles. The number of guanidine groups is 1. The third kappa shape index (κ3) is 8.22. The summed E-state index contributed by atoms with van der Waals surface area (Å²) in [6.07, 6.45) is 2.08. The van der Waals surface area contributed by atoms with Gasteiger partial charge in [0, 0.05) is 19.3 Å². The number of aryl methyl sites for hydroxylation is 1. The van der Waals surface area contributed by atoms with Crippen LogP contribution < -0.4 is 15.4 Å². The molecule has 0 radical (unpaired) electrons. The SMILES string of the molecule is CCNC(=NCc1ccc(S(C)(=O)=O)c(C)c1)NCCc1cccc(OC)c1.I. The van der Waals surface area contributed by atoms with Gasteiger partial charge in [0.1, 0.15) is 5.75 Å². The molecule has 0 unspecified atom stereocenters. The van der Waals surface area contributed by atoms with Crippen LogP contribution in [0.15, 0.2) is 52.4 Å². The van der Waals surface area contributed by atoms with Gasteiger partial charge in [-0.2, -0.15) is 0 Å². The van der Waals surface area contributed by atoms with Gasteiger partial charge in [0.25, 0.3) is 0 Å². The number of methoxy groups -OCH3 is 1. The van der Waals surface area contributed by atoms with Gasteiger partial charge in [-0.05, 0) is 55.2 Å². The van der Waals surface area contributed by atoms with E-state index < -0.39 is 9.84 Å². The molecule has 0 heterocycles. The maximum atomic E-state index is 11.7. The van der Waals surface area contributed by atoms with Gasteiger partial charge in [0.15, 0.2) is 15.8 Å². The Bertz CT molecular complexity index is 931. The fourth-order valence-electron chi connectivity index (χ4n) is 2.89. The van der Waals surface area contributed by atoms with E-state index in [1.807, 2.05) is 37.3 Å². The van der Waals surface area contributed by atoms with Crippen molar-refractivity contribution in [1.82, 2.24) is 10.6 Å². The van der Waals surface area contributed by atoms with Crippen LogP contribution in [0.1, 0.15) is 23.6 Å². The number of hydrogen-bond acceptors (Lipinski definition) is 4. The first-order valence-corrected chi connectivity index (χ1v) is 11.2. The Kier molecular flexibility index (Phi) is 10.5. The Labute approximate surface area is 191 Å². The van der Waals surface area contributed by atoms with E-state index in [0.717, 1.165) is 42.3 Å². The molecule has 0 spiro atoms. The number of sulfone groups is 1. The lowest BCUT2D eigenvalue weighted by Crippen LogP contribution is -2.38.